The summed E-state index contributed by atoms with van der Waals surface area (Å²) in [6, 6.07) is 11.6. The van der Waals surface area contributed by atoms with E-state index in [-0.39, 0.29) is 57.2 Å². The summed E-state index contributed by atoms with van der Waals surface area (Å²) in [5, 5.41) is 13.1. The molecule has 2 heterocycles. The smallest absolute Gasteiger partial charge is 0.340 e. The van der Waals surface area contributed by atoms with Gasteiger partial charge in [0.25, 0.3) is 10.0 Å². The van der Waals surface area contributed by atoms with Crippen molar-refractivity contribution in [1.82, 2.24) is 14.5 Å². The summed E-state index contributed by atoms with van der Waals surface area (Å²) in [5.74, 6) is -0.444. The molecule has 0 spiro atoms. The number of fused-ring (bicyclic) bond motifs is 1. The van der Waals surface area contributed by atoms with Crippen LogP contribution in [0, 0.1) is 6.92 Å². The van der Waals surface area contributed by atoms with Gasteiger partial charge in [-0.2, -0.15) is 9.78 Å². The molecule has 2 aromatic carbocycles. The Morgan fingerprint density at radius 3 is 2.42 bits per heavy atom. The molecule has 13 nitrogen and oxygen atoms in total. The zero-order valence-electron chi connectivity index (χ0n) is 29.6. The highest BCUT2D eigenvalue weighted by molar-refractivity contribution is 8.28. The Labute approximate surface area is 297 Å². The Balaban J connectivity index is 1.70. The van der Waals surface area contributed by atoms with E-state index in [1.807, 2.05) is 6.92 Å². The Morgan fingerprint density at radius 2 is 1.70 bits per heavy atom. The molecule has 0 unspecified atom stereocenters. The van der Waals surface area contributed by atoms with Crippen molar-refractivity contribution in [2.24, 2.45) is 10.2 Å². The number of azo groups is 1. The number of anilines is 1. The van der Waals surface area contributed by atoms with E-state index in [2.05, 4.69) is 31.7 Å². The molecule has 3 aromatic rings. The van der Waals surface area contributed by atoms with E-state index in [0.29, 0.717) is 12.3 Å². The van der Waals surface area contributed by atoms with Crippen LogP contribution in [0.2, 0.25) is 0 Å². The molecule has 50 heavy (non-hydrogen) atoms. The first-order valence-corrected chi connectivity index (χ1v) is 20.4. The number of carbonyl (C=O) groups is 1. The zero-order valence-corrected chi connectivity index (χ0v) is 31.2. The number of nitrogens with zero attached hydrogens (tertiary/aromatic N) is 4. The summed E-state index contributed by atoms with van der Waals surface area (Å²) in [7, 11) is -8.06. The minimum Gasteiger partial charge on any atom is -0.492 e. The van der Waals surface area contributed by atoms with Crippen LogP contribution in [0.4, 0.5) is 17.2 Å². The standard InChI is InChI=1S/C35H50N6O7S2/c1-6-10-12-13-14-15-18-26-21-22-31(29(24-26)48-23-11-7-2)50(45,46)39-33-30(8-3)49(43,44)40-34-32(25(5)38-41(33)34)37-36-28-20-17-16-19-27(28)35(42)47-9-4/h16-17,19-22,24,39-40,43-44H,6-15,18,23H2,1-5H3. The molecule has 4 rings (SSSR count). The normalized spacial score (nSPS) is 14.7. The number of hydrogen-bond donors (Lipinski definition) is 4. The second-order valence-electron chi connectivity index (χ2n) is 12.0. The maximum absolute atomic E-state index is 14.1. The van der Waals surface area contributed by atoms with Crippen LogP contribution in [-0.2, 0) is 21.2 Å². The second kappa shape index (κ2) is 17.8. The molecule has 1 aromatic heterocycles. The second-order valence-corrected chi connectivity index (χ2v) is 15.5. The number of aryl methyl sites for hydroxylation is 2. The molecule has 15 heteroatoms. The zero-order chi connectivity index (χ0) is 36.3. The highest BCUT2D eigenvalue weighted by Crippen LogP contribution is 2.56. The third kappa shape index (κ3) is 9.44. The number of esters is 1. The van der Waals surface area contributed by atoms with Gasteiger partial charge in [-0.25, -0.2) is 13.2 Å². The Kier molecular flexibility index (Phi) is 13.9. The van der Waals surface area contributed by atoms with Crippen molar-refractivity contribution in [2.45, 2.75) is 104 Å². The van der Waals surface area contributed by atoms with E-state index in [4.69, 9.17) is 9.47 Å². The van der Waals surface area contributed by atoms with Crippen molar-refractivity contribution in [3.63, 3.8) is 0 Å². The molecule has 0 saturated heterocycles. The van der Waals surface area contributed by atoms with Gasteiger partial charge in [0.1, 0.15) is 21.2 Å². The first-order chi connectivity index (χ1) is 24.0. The third-order valence-corrected chi connectivity index (χ3v) is 11.2. The van der Waals surface area contributed by atoms with Crippen LogP contribution in [-0.4, -0.2) is 46.5 Å². The van der Waals surface area contributed by atoms with Crippen LogP contribution in [0.15, 0.2) is 62.5 Å². The molecule has 0 aliphatic carbocycles. The molecule has 0 saturated carbocycles. The van der Waals surface area contributed by atoms with Gasteiger partial charge in [-0.05, 0) is 69.4 Å². The average molecular weight is 731 g/mol. The van der Waals surface area contributed by atoms with Gasteiger partial charge in [-0.3, -0.25) is 18.5 Å². The van der Waals surface area contributed by atoms with Crippen molar-refractivity contribution >= 4 is 49.8 Å². The molecule has 0 amide bonds. The van der Waals surface area contributed by atoms with E-state index >= 15 is 0 Å². The van der Waals surface area contributed by atoms with Crippen LogP contribution in [0.3, 0.4) is 0 Å². The number of carbonyl (C=O) groups excluding carboxylic acids is 1. The van der Waals surface area contributed by atoms with Crippen molar-refractivity contribution in [3.8, 4) is 5.75 Å². The number of ether oxygens (including phenoxy) is 2. The predicted molar refractivity (Wildman–Crippen MR) is 198 cm³/mol. The van der Waals surface area contributed by atoms with Gasteiger partial charge in [0.05, 0.1) is 24.5 Å². The third-order valence-electron chi connectivity index (χ3n) is 8.17. The molecule has 0 atom stereocenters. The van der Waals surface area contributed by atoms with Crippen LogP contribution in [0.5, 0.6) is 5.75 Å². The quantitative estimate of drug-likeness (QED) is 0.0531. The first kappa shape index (κ1) is 38.9. The summed E-state index contributed by atoms with van der Waals surface area (Å²) in [4.78, 5) is 12.4. The fourth-order valence-electron chi connectivity index (χ4n) is 5.52. The van der Waals surface area contributed by atoms with Crippen molar-refractivity contribution < 1.29 is 31.8 Å². The van der Waals surface area contributed by atoms with E-state index in [9.17, 15) is 22.3 Å². The Bertz CT molecular complexity index is 1800. The maximum Gasteiger partial charge on any atom is 0.340 e. The first-order valence-electron chi connectivity index (χ1n) is 17.3. The lowest BCUT2D eigenvalue weighted by molar-refractivity contribution is 0.0527. The topological polar surface area (TPSA) is 177 Å². The minimum atomic E-state index is -4.33. The van der Waals surface area contributed by atoms with Gasteiger partial charge in [0.2, 0.25) is 0 Å². The number of benzene rings is 2. The van der Waals surface area contributed by atoms with Crippen LogP contribution >= 0.6 is 10.8 Å². The monoisotopic (exact) mass is 730 g/mol. The number of unbranched alkanes of at least 4 members (excludes halogenated alkanes) is 6. The fourth-order valence-corrected chi connectivity index (χ4v) is 8.17. The molecule has 0 bridgehead atoms. The molecule has 1 aliphatic rings. The number of sulfonamides is 1. The number of rotatable bonds is 19. The summed E-state index contributed by atoms with van der Waals surface area (Å²) in [5.41, 5.74) is 1.86. The van der Waals surface area contributed by atoms with Gasteiger partial charge in [-0.1, -0.05) is 88.3 Å². The number of aromatic nitrogens is 2. The maximum atomic E-state index is 14.1. The lowest BCUT2D eigenvalue weighted by Crippen LogP contribution is -2.33. The molecular weight excluding hydrogens is 681 g/mol. The molecule has 1 aliphatic heterocycles. The molecular formula is C35H50N6O7S2. The number of hydrogen-bond acceptors (Lipinski definition) is 11. The highest BCUT2D eigenvalue weighted by Gasteiger charge is 2.36. The molecule has 0 fully saturated rings. The average Bonchev–Trinajstić information content (AvgIpc) is 3.39. The van der Waals surface area contributed by atoms with Gasteiger partial charge < -0.3 is 9.47 Å². The number of nitrogens with one attached hydrogen (secondary N) is 2. The Morgan fingerprint density at radius 1 is 0.980 bits per heavy atom. The summed E-state index contributed by atoms with van der Waals surface area (Å²) >= 11 is 0. The SMILES string of the molecule is CCCCCCCCc1ccc(S(=O)(=O)NC2=C(CC)S(O)(O)Nc3c(N=Nc4ccccc4C(=O)OCC)c(C)nn32)c(OCCCC)c1. The highest BCUT2D eigenvalue weighted by atomic mass is 32.3. The van der Waals surface area contributed by atoms with E-state index in [1.165, 1.54) is 36.4 Å². The Hall–Kier alpha value is -3.92. The molecule has 0 radical (unpaired) electrons. The molecule has 274 valence electrons. The van der Waals surface area contributed by atoms with Gasteiger partial charge in [0, 0.05) is 0 Å². The minimum absolute atomic E-state index is 0.0142. The van der Waals surface area contributed by atoms with Gasteiger partial charge >= 0.3 is 5.97 Å². The summed E-state index contributed by atoms with van der Waals surface area (Å²) < 4.78 is 68.5. The van der Waals surface area contributed by atoms with Crippen LogP contribution < -0.4 is 14.2 Å². The molecule has 4 N–H and O–H groups in total. The van der Waals surface area contributed by atoms with Crippen LogP contribution in [0.25, 0.3) is 5.82 Å². The lowest BCUT2D eigenvalue weighted by atomic mass is 10.0. The van der Waals surface area contributed by atoms with Crippen molar-refractivity contribution in [1.29, 1.82) is 0 Å². The van der Waals surface area contributed by atoms with E-state index < -0.39 is 26.8 Å². The van der Waals surface area contributed by atoms with Gasteiger partial charge in [-0.15, -0.1) is 10.2 Å². The largest absolute Gasteiger partial charge is 0.492 e. The predicted octanol–water partition coefficient (Wildman–Crippen LogP) is 9.47. The van der Waals surface area contributed by atoms with Crippen molar-refractivity contribution in [2.75, 3.05) is 17.9 Å². The summed E-state index contributed by atoms with van der Waals surface area (Å²) in [6.07, 6.45) is 9.43. The van der Waals surface area contributed by atoms with Gasteiger partial charge in [0.15, 0.2) is 17.3 Å². The fraction of sp³-hybridized carbons (Fsp3) is 0.486. The number of allylic oxidation sites excluding steroid dienone is 1. The van der Waals surface area contributed by atoms with Crippen molar-refractivity contribution in [3.05, 3.63) is 64.2 Å². The lowest BCUT2D eigenvalue weighted by Gasteiger charge is -2.40. The van der Waals surface area contributed by atoms with Crippen LogP contribution in [0.1, 0.15) is 107 Å². The van der Waals surface area contributed by atoms with E-state index in [0.717, 1.165) is 37.7 Å². The summed E-state index contributed by atoms with van der Waals surface area (Å²) in [6.45, 7) is 9.77. The van der Waals surface area contributed by atoms with E-state index in [1.54, 1.807) is 57.2 Å².